The van der Waals surface area contributed by atoms with Crippen LogP contribution in [0.2, 0.25) is 0 Å². The number of piperidine rings is 2. The number of rotatable bonds is 7. The zero-order chi connectivity index (χ0) is 21.0. The van der Waals surface area contributed by atoms with Gasteiger partial charge in [-0.3, -0.25) is 14.9 Å². The first-order valence-electron chi connectivity index (χ1n) is 10.8. The van der Waals surface area contributed by atoms with Gasteiger partial charge in [0.2, 0.25) is 6.54 Å². The van der Waals surface area contributed by atoms with Gasteiger partial charge in [-0.25, -0.2) is 4.79 Å². The minimum atomic E-state index is -0.614. The lowest BCUT2D eigenvalue weighted by atomic mass is 9.75. The normalized spacial score (nSPS) is 28.8. The van der Waals surface area contributed by atoms with Gasteiger partial charge in [-0.1, -0.05) is 0 Å². The molecule has 3 aliphatic rings. The average molecular weight is 411 g/mol. The van der Waals surface area contributed by atoms with E-state index >= 15 is 0 Å². The van der Waals surface area contributed by atoms with E-state index < -0.39 is 5.41 Å². The molecule has 0 aromatic carbocycles. The number of hydrogen-bond acceptors (Lipinski definition) is 7. The summed E-state index contributed by atoms with van der Waals surface area (Å²) in [5, 5.41) is 11.2. The van der Waals surface area contributed by atoms with E-state index in [2.05, 4.69) is 4.90 Å². The fourth-order valence-electron chi connectivity index (χ4n) is 5.49. The summed E-state index contributed by atoms with van der Waals surface area (Å²) in [4.78, 5) is 39.6. The minimum absolute atomic E-state index is 0.113. The third-order valence-corrected chi connectivity index (χ3v) is 6.85. The van der Waals surface area contributed by atoms with Gasteiger partial charge in [-0.05, 0) is 65.5 Å². The molecule has 0 aliphatic carbocycles. The van der Waals surface area contributed by atoms with Crippen molar-refractivity contribution in [1.29, 1.82) is 0 Å². The topological polar surface area (TPSA) is 102 Å². The zero-order valence-electron chi connectivity index (χ0n) is 17.5. The van der Waals surface area contributed by atoms with Crippen LogP contribution in [0.1, 0.15) is 58.8 Å². The molecule has 9 nitrogen and oxygen atoms in total. The molecule has 3 rings (SSSR count). The minimum Gasteiger partial charge on any atom is -0.466 e. The fourth-order valence-corrected chi connectivity index (χ4v) is 5.49. The Labute approximate surface area is 171 Å². The largest absolute Gasteiger partial charge is 0.466 e. The Morgan fingerprint density at radius 3 is 2.14 bits per heavy atom. The van der Waals surface area contributed by atoms with Crippen LogP contribution in [0.3, 0.4) is 0 Å². The van der Waals surface area contributed by atoms with Crippen molar-refractivity contribution in [2.24, 2.45) is 5.41 Å². The van der Waals surface area contributed by atoms with Crippen LogP contribution in [0, 0.1) is 15.5 Å². The number of carbonyl (C=O) groups excluding carboxylic acids is 2. The lowest BCUT2D eigenvalue weighted by molar-refractivity contribution is -0.499. The van der Waals surface area contributed by atoms with Crippen LogP contribution in [-0.2, 0) is 14.3 Å². The molecule has 164 valence electrons. The quantitative estimate of drug-likeness (QED) is 0.360. The van der Waals surface area contributed by atoms with Crippen molar-refractivity contribution >= 4 is 12.1 Å². The molecule has 0 aromatic heterocycles. The van der Waals surface area contributed by atoms with Gasteiger partial charge in [0.15, 0.2) is 0 Å². The van der Waals surface area contributed by atoms with Crippen LogP contribution in [0.5, 0.6) is 0 Å². The Hall–Kier alpha value is -1.90. The molecule has 2 bridgehead atoms. The summed E-state index contributed by atoms with van der Waals surface area (Å²) >= 11 is 0. The second-order valence-corrected chi connectivity index (χ2v) is 8.63. The van der Waals surface area contributed by atoms with Crippen molar-refractivity contribution in [1.82, 2.24) is 9.80 Å². The molecule has 1 unspecified atom stereocenters. The third-order valence-electron chi connectivity index (χ3n) is 6.85. The number of hydrogen-bond donors (Lipinski definition) is 0. The summed E-state index contributed by atoms with van der Waals surface area (Å²) in [5.74, 6) is -0.344. The lowest BCUT2D eigenvalue weighted by Gasteiger charge is -2.46. The summed E-state index contributed by atoms with van der Waals surface area (Å²) < 4.78 is 10.3. The van der Waals surface area contributed by atoms with E-state index in [9.17, 15) is 19.7 Å². The first kappa shape index (κ1) is 21.8. The van der Waals surface area contributed by atoms with Crippen LogP contribution in [0.4, 0.5) is 4.79 Å². The number of nitro groups is 1. The van der Waals surface area contributed by atoms with E-state index in [4.69, 9.17) is 9.47 Å². The highest BCUT2D eigenvalue weighted by Crippen LogP contribution is 2.41. The van der Waals surface area contributed by atoms with Crippen molar-refractivity contribution in [3.05, 3.63) is 10.1 Å². The molecule has 0 spiro atoms. The smallest absolute Gasteiger partial charge is 0.410 e. The lowest BCUT2D eigenvalue weighted by Crippen LogP contribution is -2.55. The molecule has 0 saturated carbocycles. The molecule has 3 heterocycles. The first-order chi connectivity index (χ1) is 13.9. The maximum atomic E-state index is 12.3. The monoisotopic (exact) mass is 411 g/mol. The molecule has 0 N–H and O–H groups in total. The van der Waals surface area contributed by atoms with E-state index in [1.165, 1.54) is 0 Å². The van der Waals surface area contributed by atoms with E-state index in [1.54, 1.807) is 6.92 Å². The third kappa shape index (κ3) is 4.99. The molecule has 1 amide bonds. The number of amides is 1. The Bertz CT molecular complexity index is 605. The molecule has 3 aliphatic heterocycles. The van der Waals surface area contributed by atoms with Crippen LogP contribution in [0.25, 0.3) is 0 Å². The summed E-state index contributed by atoms with van der Waals surface area (Å²) in [6.45, 7) is 5.57. The van der Waals surface area contributed by atoms with Gasteiger partial charge in [0.1, 0.15) is 0 Å². The van der Waals surface area contributed by atoms with Gasteiger partial charge in [0.25, 0.3) is 0 Å². The van der Waals surface area contributed by atoms with Crippen LogP contribution in [-0.4, -0.2) is 77.8 Å². The molecular weight excluding hydrogens is 378 g/mol. The molecule has 0 radical (unpaired) electrons. The van der Waals surface area contributed by atoms with Crippen molar-refractivity contribution in [2.75, 3.05) is 32.8 Å². The fraction of sp³-hybridized carbons (Fsp3) is 0.900. The number of carbonyl (C=O) groups is 2. The van der Waals surface area contributed by atoms with E-state index in [1.807, 2.05) is 11.8 Å². The number of likely N-dealkylation sites (tertiary alicyclic amines) is 1. The average Bonchev–Trinajstić information content (AvgIpc) is 2.92. The zero-order valence-corrected chi connectivity index (χ0v) is 17.5. The number of fused-ring (bicyclic) bond motifs is 2. The van der Waals surface area contributed by atoms with Gasteiger partial charge in [0.05, 0.1) is 19.6 Å². The van der Waals surface area contributed by atoms with E-state index in [-0.39, 0.29) is 42.0 Å². The first-order valence-corrected chi connectivity index (χ1v) is 10.8. The van der Waals surface area contributed by atoms with Crippen LogP contribution < -0.4 is 0 Å². The van der Waals surface area contributed by atoms with E-state index in [0.717, 1.165) is 38.8 Å². The van der Waals surface area contributed by atoms with Gasteiger partial charge in [0, 0.05) is 28.5 Å². The van der Waals surface area contributed by atoms with Gasteiger partial charge in [-0.15, -0.1) is 0 Å². The number of nitrogens with zero attached hydrogens (tertiary/aromatic N) is 3. The molecule has 9 heteroatoms. The summed E-state index contributed by atoms with van der Waals surface area (Å²) in [7, 11) is 0. The van der Waals surface area contributed by atoms with Crippen molar-refractivity contribution in [2.45, 2.75) is 76.9 Å². The van der Waals surface area contributed by atoms with Crippen molar-refractivity contribution < 1.29 is 24.0 Å². The number of esters is 1. The van der Waals surface area contributed by atoms with Crippen molar-refractivity contribution in [3.8, 4) is 0 Å². The number of ether oxygens (including phenoxy) is 2. The maximum Gasteiger partial charge on any atom is 0.410 e. The molecule has 3 atom stereocenters. The predicted octanol–water partition coefficient (Wildman–Crippen LogP) is 2.45. The molecule has 3 fully saturated rings. The molecular formula is C20H33N3O6. The Balaban J connectivity index is 1.59. The summed E-state index contributed by atoms with van der Waals surface area (Å²) in [5.41, 5.74) is -0.614. The highest BCUT2D eigenvalue weighted by molar-refractivity contribution is 5.70. The van der Waals surface area contributed by atoms with E-state index in [0.29, 0.717) is 32.1 Å². The van der Waals surface area contributed by atoms with Crippen LogP contribution in [0.15, 0.2) is 0 Å². The second kappa shape index (κ2) is 9.28. The Morgan fingerprint density at radius 1 is 1.03 bits per heavy atom. The Morgan fingerprint density at radius 2 is 1.62 bits per heavy atom. The molecule has 0 aromatic rings. The maximum absolute atomic E-state index is 12.3. The summed E-state index contributed by atoms with van der Waals surface area (Å²) in [6, 6.07) is 0.833. The van der Waals surface area contributed by atoms with Gasteiger partial charge >= 0.3 is 12.1 Å². The van der Waals surface area contributed by atoms with Gasteiger partial charge < -0.3 is 19.3 Å². The second-order valence-electron chi connectivity index (χ2n) is 8.63. The summed E-state index contributed by atoms with van der Waals surface area (Å²) in [6.07, 6.45) is 5.05. The Kier molecular flexibility index (Phi) is 6.97. The molecule has 29 heavy (non-hydrogen) atoms. The molecule has 3 saturated heterocycles. The standard InChI is InChI=1S/C20H33N3O6/c1-3-28-18(24)13-20(14-22(26)27)7-9-21(10-8-20)17-11-15-5-6-16(12-17)23(15)19(25)29-4-2/h15-17H,3-14H2,1-2H3/t15-,16+,17?. The van der Waals surface area contributed by atoms with Crippen LogP contribution >= 0.6 is 0 Å². The highest BCUT2D eigenvalue weighted by Gasteiger charge is 2.48. The SMILES string of the molecule is CCOC(=O)CC1(C[N+](=O)[O-])CCN(C2C[C@H]3CC[C@@H](C2)N3C(=O)OCC)CC1. The predicted molar refractivity (Wildman–Crippen MR) is 105 cm³/mol. The highest BCUT2D eigenvalue weighted by atomic mass is 16.6. The van der Waals surface area contributed by atoms with Gasteiger partial charge in [-0.2, -0.15) is 0 Å². The van der Waals surface area contributed by atoms with Crippen molar-refractivity contribution in [3.63, 3.8) is 0 Å².